The van der Waals surface area contributed by atoms with E-state index in [0.717, 1.165) is 5.56 Å². The summed E-state index contributed by atoms with van der Waals surface area (Å²) in [7, 11) is 0. The number of benzene rings is 2. The van der Waals surface area contributed by atoms with Gasteiger partial charge in [-0.1, -0.05) is 35.0 Å². The van der Waals surface area contributed by atoms with Gasteiger partial charge in [0.1, 0.15) is 23.9 Å². The lowest BCUT2D eigenvalue weighted by molar-refractivity contribution is 0.101. The summed E-state index contributed by atoms with van der Waals surface area (Å²) in [5, 5.41) is 11.5. The zero-order valence-corrected chi connectivity index (χ0v) is 17.3. The number of rotatable bonds is 7. The summed E-state index contributed by atoms with van der Waals surface area (Å²) in [6, 6.07) is 14.8. The van der Waals surface area contributed by atoms with Crippen molar-refractivity contribution in [3.63, 3.8) is 0 Å². The standard InChI is InChI=1S/C22H18ClFN4O3/c1-14-18(13-30-17-8-6-16(24)7-9-17)21(27-31-14)22(29)25-20-10-11-28(26-20)12-15-4-2-3-5-19(15)23/h2-11H,12-13H2,1H3,(H,25,26,29). The molecule has 0 saturated carbocycles. The molecule has 9 heteroatoms. The van der Waals surface area contributed by atoms with Crippen LogP contribution in [-0.2, 0) is 13.2 Å². The molecule has 0 fully saturated rings. The number of ether oxygens (including phenoxy) is 1. The van der Waals surface area contributed by atoms with E-state index in [0.29, 0.717) is 34.5 Å². The molecule has 0 aliphatic heterocycles. The van der Waals surface area contributed by atoms with Crippen molar-refractivity contribution >= 4 is 23.3 Å². The first-order chi connectivity index (χ1) is 15.0. The largest absolute Gasteiger partial charge is 0.489 e. The number of aryl methyl sites for hydroxylation is 1. The normalized spacial score (nSPS) is 10.8. The van der Waals surface area contributed by atoms with Gasteiger partial charge in [0.15, 0.2) is 11.5 Å². The maximum atomic E-state index is 13.0. The Bertz CT molecular complexity index is 1200. The number of hydrogen-bond donors (Lipinski definition) is 1. The van der Waals surface area contributed by atoms with E-state index in [4.69, 9.17) is 20.9 Å². The highest BCUT2D eigenvalue weighted by Crippen LogP contribution is 2.20. The minimum absolute atomic E-state index is 0.0463. The highest BCUT2D eigenvalue weighted by molar-refractivity contribution is 6.31. The molecular formula is C22H18ClFN4O3. The Labute approximate surface area is 182 Å². The van der Waals surface area contributed by atoms with E-state index in [9.17, 15) is 9.18 Å². The predicted octanol–water partition coefficient (Wildman–Crippen LogP) is 4.85. The van der Waals surface area contributed by atoms with Crippen LogP contribution in [0.2, 0.25) is 5.02 Å². The van der Waals surface area contributed by atoms with Crippen LogP contribution in [0.5, 0.6) is 5.75 Å². The molecule has 1 N–H and O–H groups in total. The predicted molar refractivity (Wildman–Crippen MR) is 113 cm³/mol. The molecule has 0 radical (unpaired) electrons. The summed E-state index contributed by atoms with van der Waals surface area (Å²) in [5.74, 6) is 0.450. The van der Waals surface area contributed by atoms with Crippen LogP contribution in [0.15, 0.2) is 65.3 Å². The third-order valence-electron chi connectivity index (χ3n) is 4.57. The number of nitrogens with one attached hydrogen (secondary N) is 1. The van der Waals surface area contributed by atoms with Crippen molar-refractivity contribution in [2.45, 2.75) is 20.1 Å². The smallest absolute Gasteiger partial charge is 0.279 e. The molecule has 2 heterocycles. The van der Waals surface area contributed by atoms with Crippen LogP contribution in [0.4, 0.5) is 10.2 Å². The number of carbonyl (C=O) groups excluding carboxylic acids is 1. The van der Waals surface area contributed by atoms with Crippen LogP contribution in [0.1, 0.15) is 27.4 Å². The number of nitrogens with zero attached hydrogens (tertiary/aromatic N) is 3. The van der Waals surface area contributed by atoms with Crippen molar-refractivity contribution in [1.29, 1.82) is 0 Å². The van der Waals surface area contributed by atoms with Gasteiger partial charge in [0, 0.05) is 17.3 Å². The number of aromatic nitrogens is 3. The average molecular weight is 441 g/mol. The van der Waals surface area contributed by atoms with Crippen LogP contribution in [0.3, 0.4) is 0 Å². The first-order valence-corrected chi connectivity index (χ1v) is 9.79. The lowest BCUT2D eigenvalue weighted by Crippen LogP contribution is -2.16. The Kier molecular flexibility index (Phi) is 5.99. The second kappa shape index (κ2) is 9.01. The highest BCUT2D eigenvalue weighted by Gasteiger charge is 2.21. The molecule has 2 aromatic carbocycles. The Morgan fingerprint density at radius 1 is 1.19 bits per heavy atom. The number of carbonyl (C=O) groups is 1. The summed E-state index contributed by atoms with van der Waals surface area (Å²) in [6.07, 6.45) is 1.74. The van der Waals surface area contributed by atoms with Gasteiger partial charge in [-0.2, -0.15) is 5.10 Å². The fourth-order valence-electron chi connectivity index (χ4n) is 2.92. The fourth-order valence-corrected chi connectivity index (χ4v) is 3.11. The minimum Gasteiger partial charge on any atom is -0.489 e. The molecule has 0 aliphatic carbocycles. The van der Waals surface area contributed by atoms with Crippen LogP contribution < -0.4 is 10.1 Å². The van der Waals surface area contributed by atoms with E-state index in [2.05, 4.69) is 15.6 Å². The third kappa shape index (κ3) is 4.92. The molecule has 7 nitrogen and oxygen atoms in total. The lowest BCUT2D eigenvalue weighted by atomic mass is 10.2. The topological polar surface area (TPSA) is 82.2 Å². The molecule has 0 spiro atoms. The van der Waals surface area contributed by atoms with Crippen LogP contribution in [0, 0.1) is 12.7 Å². The first-order valence-electron chi connectivity index (χ1n) is 9.41. The molecule has 1 amide bonds. The van der Waals surface area contributed by atoms with E-state index >= 15 is 0 Å². The van der Waals surface area contributed by atoms with Crippen molar-refractivity contribution in [2.24, 2.45) is 0 Å². The van der Waals surface area contributed by atoms with E-state index in [1.807, 2.05) is 24.3 Å². The maximum Gasteiger partial charge on any atom is 0.279 e. The molecule has 0 saturated heterocycles. The SMILES string of the molecule is Cc1onc(C(=O)Nc2ccn(Cc3ccccc3Cl)n2)c1COc1ccc(F)cc1. The molecule has 0 atom stereocenters. The highest BCUT2D eigenvalue weighted by atomic mass is 35.5. The van der Waals surface area contributed by atoms with Gasteiger partial charge in [-0.3, -0.25) is 9.48 Å². The second-order valence-electron chi connectivity index (χ2n) is 6.75. The van der Waals surface area contributed by atoms with E-state index in [1.165, 1.54) is 24.3 Å². The van der Waals surface area contributed by atoms with Gasteiger partial charge in [0.25, 0.3) is 5.91 Å². The van der Waals surface area contributed by atoms with Crippen molar-refractivity contribution in [3.05, 3.63) is 94.2 Å². The molecule has 0 bridgehead atoms. The molecular weight excluding hydrogens is 423 g/mol. The number of hydrogen-bond acceptors (Lipinski definition) is 5. The van der Waals surface area contributed by atoms with Crippen LogP contribution in [-0.4, -0.2) is 20.8 Å². The van der Waals surface area contributed by atoms with Crippen molar-refractivity contribution < 1.29 is 18.4 Å². The summed E-state index contributed by atoms with van der Waals surface area (Å²) < 4.78 is 25.5. The monoisotopic (exact) mass is 440 g/mol. The first kappa shape index (κ1) is 20.6. The van der Waals surface area contributed by atoms with E-state index < -0.39 is 5.91 Å². The molecule has 2 aromatic heterocycles. The molecule has 0 unspecified atom stereocenters. The van der Waals surface area contributed by atoms with E-state index in [-0.39, 0.29) is 18.1 Å². The van der Waals surface area contributed by atoms with E-state index in [1.54, 1.807) is 23.9 Å². The number of halogens is 2. The Balaban J connectivity index is 1.43. The van der Waals surface area contributed by atoms with Crippen molar-refractivity contribution in [2.75, 3.05) is 5.32 Å². The van der Waals surface area contributed by atoms with Crippen LogP contribution in [0.25, 0.3) is 0 Å². The van der Waals surface area contributed by atoms with Gasteiger partial charge in [0.05, 0.1) is 12.1 Å². The summed E-state index contributed by atoms with van der Waals surface area (Å²) in [5.41, 5.74) is 1.51. The number of anilines is 1. The van der Waals surface area contributed by atoms with Gasteiger partial charge in [-0.25, -0.2) is 4.39 Å². The minimum atomic E-state index is -0.474. The van der Waals surface area contributed by atoms with Gasteiger partial charge < -0.3 is 14.6 Å². The zero-order chi connectivity index (χ0) is 21.8. The number of amides is 1. The lowest BCUT2D eigenvalue weighted by Gasteiger charge is -2.07. The van der Waals surface area contributed by atoms with Crippen LogP contribution >= 0.6 is 11.6 Å². The Morgan fingerprint density at radius 3 is 2.74 bits per heavy atom. The van der Waals surface area contributed by atoms with Gasteiger partial charge in [-0.05, 0) is 42.8 Å². The summed E-state index contributed by atoms with van der Waals surface area (Å²) in [4.78, 5) is 12.7. The van der Waals surface area contributed by atoms with Crippen molar-refractivity contribution in [3.8, 4) is 5.75 Å². The second-order valence-corrected chi connectivity index (χ2v) is 7.16. The van der Waals surface area contributed by atoms with Gasteiger partial charge in [0.2, 0.25) is 0 Å². The Hall–Kier alpha value is -3.65. The zero-order valence-electron chi connectivity index (χ0n) is 16.5. The molecule has 0 aliphatic rings. The van der Waals surface area contributed by atoms with Crippen molar-refractivity contribution in [1.82, 2.24) is 14.9 Å². The third-order valence-corrected chi connectivity index (χ3v) is 4.94. The Morgan fingerprint density at radius 2 is 1.97 bits per heavy atom. The van der Waals surface area contributed by atoms with Gasteiger partial charge in [-0.15, -0.1) is 0 Å². The van der Waals surface area contributed by atoms with Gasteiger partial charge >= 0.3 is 0 Å². The molecule has 4 rings (SSSR count). The molecule has 158 valence electrons. The quantitative estimate of drug-likeness (QED) is 0.444. The molecule has 4 aromatic rings. The average Bonchev–Trinajstić information content (AvgIpc) is 3.35. The molecule has 31 heavy (non-hydrogen) atoms. The fraction of sp³-hybridized carbons (Fsp3) is 0.136. The summed E-state index contributed by atoms with van der Waals surface area (Å²) >= 11 is 6.19. The maximum absolute atomic E-state index is 13.0. The summed E-state index contributed by atoms with van der Waals surface area (Å²) in [6.45, 7) is 2.20.